The molecule has 2 aromatic rings. The molecule has 0 aliphatic rings. The molecule has 0 saturated heterocycles. The van der Waals surface area contributed by atoms with Gasteiger partial charge < -0.3 is 9.47 Å². The molecule has 0 heterocycles. The average Bonchev–Trinajstić information content (AvgIpc) is 2.48. The van der Waals surface area contributed by atoms with Gasteiger partial charge in [0.25, 0.3) is 0 Å². The summed E-state index contributed by atoms with van der Waals surface area (Å²) in [5.74, 6) is 1.24. The SMILES string of the molecule is COc1cc(C)ccc1C(=O)COc1cccc(C)c1C. The fraction of sp³-hybridized carbons (Fsp3) is 0.278. The zero-order chi connectivity index (χ0) is 15.4. The van der Waals surface area contributed by atoms with Crippen molar-refractivity contribution in [2.24, 2.45) is 0 Å². The number of Topliss-reactive ketones (excluding diaryl/α,β-unsaturated/α-hetero) is 1. The Morgan fingerprint density at radius 1 is 1.05 bits per heavy atom. The Morgan fingerprint density at radius 3 is 2.52 bits per heavy atom. The topological polar surface area (TPSA) is 35.5 Å². The van der Waals surface area contributed by atoms with Crippen LogP contribution < -0.4 is 9.47 Å². The fourth-order valence-electron chi connectivity index (χ4n) is 2.13. The van der Waals surface area contributed by atoms with Gasteiger partial charge in [-0.2, -0.15) is 0 Å². The van der Waals surface area contributed by atoms with Gasteiger partial charge in [0.15, 0.2) is 6.61 Å². The van der Waals surface area contributed by atoms with Crippen molar-refractivity contribution in [1.82, 2.24) is 0 Å². The number of aryl methyl sites for hydroxylation is 2. The first-order valence-electron chi connectivity index (χ1n) is 6.89. The third-order valence-corrected chi connectivity index (χ3v) is 3.57. The predicted octanol–water partition coefficient (Wildman–Crippen LogP) is 3.88. The normalized spacial score (nSPS) is 10.3. The predicted molar refractivity (Wildman–Crippen MR) is 83.5 cm³/mol. The monoisotopic (exact) mass is 284 g/mol. The number of hydrogen-bond acceptors (Lipinski definition) is 3. The molecule has 0 aromatic heterocycles. The van der Waals surface area contributed by atoms with Gasteiger partial charge in [-0.25, -0.2) is 0 Å². The summed E-state index contributed by atoms with van der Waals surface area (Å²) >= 11 is 0. The van der Waals surface area contributed by atoms with Crippen LogP contribution in [0, 0.1) is 20.8 Å². The maximum absolute atomic E-state index is 12.3. The minimum atomic E-state index is -0.0900. The molecule has 0 bridgehead atoms. The molecule has 2 aromatic carbocycles. The van der Waals surface area contributed by atoms with E-state index in [9.17, 15) is 4.79 Å². The van der Waals surface area contributed by atoms with E-state index in [0.717, 1.165) is 22.4 Å². The maximum Gasteiger partial charge on any atom is 0.203 e. The third-order valence-electron chi connectivity index (χ3n) is 3.57. The Hall–Kier alpha value is -2.29. The average molecular weight is 284 g/mol. The summed E-state index contributed by atoms with van der Waals surface area (Å²) in [7, 11) is 1.57. The fourth-order valence-corrected chi connectivity index (χ4v) is 2.13. The lowest BCUT2D eigenvalue weighted by atomic mass is 10.1. The van der Waals surface area contributed by atoms with E-state index in [-0.39, 0.29) is 12.4 Å². The van der Waals surface area contributed by atoms with Gasteiger partial charge in [0, 0.05) is 0 Å². The Morgan fingerprint density at radius 2 is 1.81 bits per heavy atom. The van der Waals surface area contributed by atoms with Crippen LogP contribution in [0.2, 0.25) is 0 Å². The summed E-state index contributed by atoms with van der Waals surface area (Å²) in [6.45, 7) is 5.97. The second kappa shape index (κ2) is 6.44. The summed E-state index contributed by atoms with van der Waals surface area (Å²) in [6.07, 6.45) is 0. The van der Waals surface area contributed by atoms with Gasteiger partial charge in [-0.1, -0.05) is 18.2 Å². The largest absolute Gasteiger partial charge is 0.496 e. The molecule has 0 aliphatic carbocycles. The number of carbonyl (C=O) groups is 1. The highest BCUT2D eigenvalue weighted by Crippen LogP contribution is 2.23. The van der Waals surface area contributed by atoms with E-state index in [1.54, 1.807) is 13.2 Å². The molecule has 3 nitrogen and oxygen atoms in total. The van der Waals surface area contributed by atoms with E-state index in [2.05, 4.69) is 0 Å². The standard InChI is InChI=1S/C18H20O3/c1-12-8-9-15(18(10-12)20-4)16(19)11-21-17-7-5-6-13(2)14(17)3/h5-10H,11H2,1-4H3. The molecule has 110 valence electrons. The number of ketones is 1. The molecule has 0 fully saturated rings. The van der Waals surface area contributed by atoms with Crippen LogP contribution >= 0.6 is 0 Å². The summed E-state index contributed by atoms with van der Waals surface area (Å²) in [5.41, 5.74) is 3.81. The van der Waals surface area contributed by atoms with E-state index in [0.29, 0.717) is 11.3 Å². The van der Waals surface area contributed by atoms with E-state index in [1.165, 1.54) is 0 Å². The second-order valence-corrected chi connectivity index (χ2v) is 5.11. The minimum absolute atomic E-state index is 0.00368. The lowest BCUT2D eigenvalue weighted by Crippen LogP contribution is -2.13. The molecule has 2 rings (SSSR count). The highest BCUT2D eigenvalue weighted by atomic mass is 16.5. The number of rotatable bonds is 5. The van der Waals surface area contributed by atoms with Crippen LogP contribution in [0.1, 0.15) is 27.0 Å². The minimum Gasteiger partial charge on any atom is -0.496 e. The van der Waals surface area contributed by atoms with Gasteiger partial charge in [0.2, 0.25) is 5.78 Å². The lowest BCUT2D eigenvalue weighted by molar-refractivity contribution is 0.0918. The van der Waals surface area contributed by atoms with E-state index in [1.807, 2.05) is 51.1 Å². The summed E-state index contributed by atoms with van der Waals surface area (Å²) in [4.78, 5) is 12.3. The van der Waals surface area contributed by atoms with Crippen molar-refractivity contribution < 1.29 is 14.3 Å². The first kappa shape index (κ1) is 15.1. The van der Waals surface area contributed by atoms with Gasteiger partial charge in [0.05, 0.1) is 12.7 Å². The zero-order valence-corrected chi connectivity index (χ0v) is 12.9. The highest BCUT2D eigenvalue weighted by molar-refractivity contribution is 5.99. The van der Waals surface area contributed by atoms with Crippen molar-refractivity contribution in [2.45, 2.75) is 20.8 Å². The van der Waals surface area contributed by atoms with E-state index >= 15 is 0 Å². The molecule has 21 heavy (non-hydrogen) atoms. The van der Waals surface area contributed by atoms with Crippen LogP contribution in [-0.2, 0) is 0 Å². The molecule has 0 unspecified atom stereocenters. The molecule has 0 amide bonds. The lowest BCUT2D eigenvalue weighted by Gasteiger charge is -2.12. The van der Waals surface area contributed by atoms with Gasteiger partial charge in [-0.3, -0.25) is 4.79 Å². The highest BCUT2D eigenvalue weighted by Gasteiger charge is 2.13. The van der Waals surface area contributed by atoms with Crippen molar-refractivity contribution in [3.63, 3.8) is 0 Å². The van der Waals surface area contributed by atoms with Crippen LogP contribution in [0.3, 0.4) is 0 Å². The number of carbonyl (C=O) groups excluding carboxylic acids is 1. The molecule has 0 saturated carbocycles. The van der Waals surface area contributed by atoms with E-state index in [4.69, 9.17) is 9.47 Å². The quantitative estimate of drug-likeness (QED) is 0.782. The van der Waals surface area contributed by atoms with Crippen LogP contribution in [-0.4, -0.2) is 19.5 Å². The zero-order valence-electron chi connectivity index (χ0n) is 12.9. The Labute approximate surface area is 125 Å². The molecule has 0 spiro atoms. The second-order valence-electron chi connectivity index (χ2n) is 5.11. The first-order valence-corrected chi connectivity index (χ1v) is 6.89. The molecule has 0 N–H and O–H groups in total. The van der Waals surface area contributed by atoms with Crippen LogP contribution in [0.15, 0.2) is 36.4 Å². The van der Waals surface area contributed by atoms with Crippen molar-refractivity contribution in [2.75, 3.05) is 13.7 Å². The van der Waals surface area contributed by atoms with Gasteiger partial charge in [0.1, 0.15) is 11.5 Å². The van der Waals surface area contributed by atoms with Crippen molar-refractivity contribution in [3.8, 4) is 11.5 Å². The van der Waals surface area contributed by atoms with Crippen molar-refractivity contribution >= 4 is 5.78 Å². The Kier molecular flexibility index (Phi) is 4.63. The van der Waals surface area contributed by atoms with E-state index < -0.39 is 0 Å². The number of hydrogen-bond donors (Lipinski definition) is 0. The molecule has 0 radical (unpaired) electrons. The molecule has 0 aliphatic heterocycles. The van der Waals surface area contributed by atoms with Crippen molar-refractivity contribution in [1.29, 1.82) is 0 Å². The van der Waals surface area contributed by atoms with Crippen LogP contribution in [0.5, 0.6) is 11.5 Å². The maximum atomic E-state index is 12.3. The molecule has 0 atom stereocenters. The van der Waals surface area contributed by atoms with Gasteiger partial charge in [-0.15, -0.1) is 0 Å². The first-order chi connectivity index (χ1) is 10.0. The van der Waals surface area contributed by atoms with Crippen molar-refractivity contribution in [3.05, 3.63) is 58.7 Å². The summed E-state index contributed by atoms with van der Waals surface area (Å²) in [6, 6.07) is 11.4. The molecule has 3 heteroatoms. The number of benzene rings is 2. The number of methoxy groups -OCH3 is 1. The van der Waals surface area contributed by atoms with Crippen LogP contribution in [0.25, 0.3) is 0 Å². The van der Waals surface area contributed by atoms with Crippen LogP contribution in [0.4, 0.5) is 0 Å². The van der Waals surface area contributed by atoms with Gasteiger partial charge >= 0.3 is 0 Å². The smallest absolute Gasteiger partial charge is 0.203 e. The Balaban J connectivity index is 2.14. The molecular formula is C18H20O3. The summed E-state index contributed by atoms with van der Waals surface area (Å²) < 4.78 is 10.9. The summed E-state index contributed by atoms with van der Waals surface area (Å²) in [5, 5.41) is 0. The third kappa shape index (κ3) is 3.43. The molecular weight excluding hydrogens is 264 g/mol. The van der Waals surface area contributed by atoms with Gasteiger partial charge in [-0.05, 0) is 55.7 Å². The Bertz CT molecular complexity index is 660. The number of ether oxygens (including phenoxy) is 2.